The molecule has 0 bridgehead atoms. The summed E-state index contributed by atoms with van der Waals surface area (Å²) in [7, 11) is -3.20. The van der Waals surface area contributed by atoms with Crippen molar-refractivity contribution in [2.45, 2.75) is 32.2 Å². The van der Waals surface area contributed by atoms with E-state index in [2.05, 4.69) is 12.2 Å². The van der Waals surface area contributed by atoms with Crippen LogP contribution in [0, 0.1) is 0 Å². The molecule has 1 N–H and O–H groups in total. The molecule has 0 amide bonds. The molecule has 1 aliphatic rings. The molecule has 0 saturated heterocycles. The van der Waals surface area contributed by atoms with Crippen LogP contribution in [-0.2, 0) is 10.0 Å². The molecule has 0 aliphatic carbocycles. The molecule has 1 atom stereocenters. The topological polar surface area (TPSA) is 49.4 Å². The minimum atomic E-state index is -3.20. The van der Waals surface area contributed by atoms with Crippen LogP contribution in [0.1, 0.15) is 37.8 Å². The number of hydrogen-bond donors (Lipinski definition) is 1. The van der Waals surface area contributed by atoms with Crippen LogP contribution in [-0.4, -0.2) is 27.8 Å². The van der Waals surface area contributed by atoms with Gasteiger partial charge in [0.15, 0.2) is 0 Å². The predicted molar refractivity (Wildman–Crippen MR) is 78.9 cm³/mol. The van der Waals surface area contributed by atoms with Crippen LogP contribution in [0.15, 0.2) is 24.3 Å². The molecule has 0 aromatic heterocycles. The first kappa shape index (κ1) is 14.3. The summed E-state index contributed by atoms with van der Waals surface area (Å²) in [5, 5.41) is 3.52. The van der Waals surface area contributed by atoms with Crippen LogP contribution in [0.4, 0.5) is 5.69 Å². The zero-order chi connectivity index (χ0) is 13.9. The predicted octanol–water partition coefficient (Wildman–Crippen LogP) is 2.29. The highest BCUT2D eigenvalue weighted by molar-refractivity contribution is 7.92. The van der Waals surface area contributed by atoms with Gasteiger partial charge in [0.05, 0.1) is 11.9 Å². The van der Waals surface area contributed by atoms with Gasteiger partial charge in [-0.3, -0.25) is 4.31 Å². The number of rotatable bonds is 4. The van der Waals surface area contributed by atoms with Gasteiger partial charge < -0.3 is 5.32 Å². The van der Waals surface area contributed by atoms with E-state index in [1.807, 2.05) is 24.3 Å². The Labute approximate surface area is 115 Å². The fraction of sp³-hybridized carbons (Fsp3) is 0.571. The van der Waals surface area contributed by atoms with E-state index >= 15 is 0 Å². The maximum Gasteiger partial charge on any atom is 0.232 e. The van der Waals surface area contributed by atoms with Gasteiger partial charge >= 0.3 is 0 Å². The normalized spacial score (nSPS) is 19.9. The molecule has 0 saturated carbocycles. The lowest BCUT2D eigenvalue weighted by Crippen LogP contribution is -2.30. The van der Waals surface area contributed by atoms with Crippen molar-refractivity contribution in [2.24, 2.45) is 0 Å². The standard InChI is InChI=1S/C14H22N2O2S/c1-3-10-15-13-8-6-11-16(19(2,17)18)14-9-5-4-7-12(13)14/h4-5,7,9,13,15H,3,6,8,10-11H2,1-2H3. The van der Waals surface area contributed by atoms with Crippen LogP contribution in [0.5, 0.6) is 0 Å². The monoisotopic (exact) mass is 282 g/mol. The molecule has 106 valence electrons. The second kappa shape index (κ2) is 5.92. The number of nitrogens with zero attached hydrogens (tertiary/aromatic N) is 1. The van der Waals surface area contributed by atoms with Gasteiger partial charge in [-0.05, 0) is 37.4 Å². The maximum absolute atomic E-state index is 11.9. The zero-order valence-electron chi connectivity index (χ0n) is 11.6. The Bertz CT molecular complexity index is 528. The summed E-state index contributed by atoms with van der Waals surface area (Å²) in [6.45, 7) is 3.66. The van der Waals surface area contributed by atoms with E-state index in [0.29, 0.717) is 6.54 Å². The molecule has 1 unspecified atom stereocenters. The van der Waals surface area contributed by atoms with E-state index in [1.165, 1.54) is 10.6 Å². The third-order valence-corrected chi connectivity index (χ3v) is 4.66. The molecule has 5 heteroatoms. The summed E-state index contributed by atoms with van der Waals surface area (Å²) in [6.07, 6.45) is 4.21. The Morgan fingerprint density at radius 3 is 2.79 bits per heavy atom. The van der Waals surface area contributed by atoms with E-state index in [-0.39, 0.29) is 6.04 Å². The molecule has 1 aromatic carbocycles. The van der Waals surface area contributed by atoms with Gasteiger partial charge in [-0.1, -0.05) is 25.1 Å². The van der Waals surface area contributed by atoms with E-state index in [9.17, 15) is 8.42 Å². The summed E-state index contributed by atoms with van der Waals surface area (Å²) < 4.78 is 25.4. The fourth-order valence-corrected chi connectivity index (χ4v) is 3.58. The van der Waals surface area contributed by atoms with Gasteiger partial charge in [-0.15, -0.1) is 0 Å². The summed E-state index contributed by atoms with van der Waals surface area (Å²) in [5.74, 6) is 0. The molecule has 1 aliphatic heterocycles. The summed E-state index contributed by atoms with van der Waals surface area (Å²) in [4.78, 5) is 0. The number of hydrogen-bond acceptors (Lipinski definition) is 3. The highest BCUT2D eigenvalue weighted by atomic mass is 32.2. The second-order valence-electron chi connectivity index (χ2n) is 5.04. The van der Waals surface area contributed by atoms with Gasteiger partial charge in [0.2, 0.25) is 10.0 Å². The Morgan fingerprint density at radius 2 is 2.11 bits per heavy atom. The van der Waals surface area contributed by atoms with Crippen LogP contribution in [0.25, 0.3) is 0 Å². The number of benzene rings is 1. The average molecular weight is 282 g/mol. The lowest BCUT2D eigenvalue weighted by Gasteiger charge is -2.24. The van der Waals surface area contributed by atoms with E-state index in [0.717, 1.165) is 37.1 Å². The highest BCUT2D eigenvalue weighted by Gasteiger charge is 2.26. The number of sulfonamides is 1. The number of fused-ring (bicyclic) bond motifs is 1. The molecule has 0 spiro atoms. The van der Waals surface area contributed by atoms with Crippen molar-refractivity contribution in [2.75, 3.05) is 23.7 Å². The fourth-order valence-electron chi connectivity index (χ4n) is 2.60. The summed E-state index contributed by atoms with van der Waals surface area (Å²) in [6, 6.07) is 8.07. The molecule has 19 heavy (non-hydrogen) atoms. The third-order valence-electron chi connectivity index (χ3n) is 3.48. The summed E-state index contributed by atoms with van der Waals surface area (Å²) >= 11 is 0. The molecular formula is C14H22N2O2S. The molecular weight excluding hydrogens is 260 g/mol. The third kappa shape index (κ3) is 3.28. The van der Waals surface area contributed by atoms with Crippen molar-refractivity contribution in [3.63, 3.8) is 0 Å². The lowest BCUT2D eigenvalue weighted by molar-refractivity contribution is 0.497. The molecule has 4 nitrogen and oxygen atoms in total. The van der Waals surface area contributed by atoms with Crippen molar-refractivity contribution in [1.29, 1.82) is 0 Å². The van der Waals surface area contributed by atoms with Crippen molar-refractivity contribution in [3.05, 3.63) is 29.8 Å². The minimum absolute atomic E-state index is 0.253. The van der Waals surface area contributed by atoms with Gasteiger partial charge in [-0.25, -0.2) is 8.42 Å². The maximum atomic E-state index is 11.9. The van der Waals surface area contributed by atoms with E-state index < -0.39 is 10.0 Å². The molecule has 0 fully saturated rings. The zero-order valence-corrected chi connectivity index (χ0v) is 12.4. The number of anilines is 1. The Hall–Kier alpha value is -1.07. The quantitative estimate of drug-likeness (QED) is 0.922. The van der Waals surface area contributed by atoms with E-state index in [4.69, 9.17) is 0 Å². The first-order valence-electron chi connectivity index (χ1n) is 6.84. The van der Waals surface area contributed by atoms with Crippen molar-refractivity contribution in [3.8, 4) is 0 Å². The van der Waals surface area contributed by atoms with Crippen molar-refractivity contribution >= 4 is 15.7 Å². The smallest absolute Gasteiger partial charge is 0.232 e. The average Bonchev–Trinajstić information content (AvgIpc) is 2.55. The first-order chi connectivity index (χ1) is 9.04. The second-order valence-corrected chi connectivity index (χ2v) is 6.95. The Kier molecular flexibility index (Phi) is 4.47. The number of nitrogens with one attached hydrogen (secondary N) is 1. The minimum Gasteiger partial charge on any atom is -0.310 e. The Balaban J connectivity index is 2.39. The van der Waals surface area contributed by atoms with Gasteiger partial charge in [0, 0.05) is 12.6 Å². The van der Waals surface area contributed by atoms with Crippen molar-refractivity contribution < 1.29 is 8.42 Å². The van der Waals surface area contributed by atoms with Crippen molar-refractivity contribution in [1.82, 2.24) is 5.32 Å². The largest absolute Gasteiger partial charge is 0.310 e. The van der Waals surface area contributed by atoms with E-state index in [1.54, 1.807) is 0 Å². The van der Waals surface area contributed by atoms with Gasteiger partial charge in [-0.2, -0.15) is 0 Å². The summed E-state index contributed by atoms with van der Waals surface area (Å²) in [5.41, 5.74) is 1.93. The van der Waals surface area contributed by atoms with Gasteiger partial charge in [0.1, 0.15) is 0 Å². The molecule has 2 rings (SSSR count). The Morgan fingerprint density at radius 1 is 1.37 bits per heavy atom. The molecule has 0 radical (unpaired) electrons. The SMILES string of the molecule is CCCNC1CCCN(S(C)(=O)=O)c2ccccc21. The molecule has 1 heterocycles. The van der Waals surface area contributed by atoms with Crippen LogP contribution < -0.4 is 9.62 Å². The van der Waals surface area contributed by atoms with Gasteiger partial charge in [0.25, 0.3) is 0 Å². The first-order valence-corrected chi connectivity index (χ1v) is 8.69. The lowest BCUT2D eigenvalue weighted by atomic mass is 10.0. The van der Waals surface area contributed by atoms with Crippen LogP contribution in [0.3, 0.4) is 0 Å². The molecule has 1 aromatic rings. The highest BCUT2D eigenvalue weighted by Crippen LogP contribution is 2.33. The number of para-hydroxylation sites is 1. The van der Waals surface area contributed by atoms with Crippen LogP contribution >= 0.6 is 0 Å². The van der Waals surface area contributed by atoms with Crippen LogP contribution in [0.2, 0.25) is 0 Å².